The van der Waals surface area contributed by atoms with Crippen molar-refractivity contribution in [2.24, 2.45) is 0 Å². The fourth-order valence-corrected chi connectivity index (χ4v) is 3.35. The van der Waals surface area contributed by atoms with Gasteiger partial charge in [-0.3, -0.25) is 0 Å². The lowest BCUT2D eigenvalue weighted by atomic mass is 10.2. The van der Waals surface area contributed by atoms with Crippen molar-refractivity contribution in [2.45, 2.75) is 13.1 Å². The van der Waals surface area contributed by atoms with Gasteiger partial charge in [-0.05, 0) is 61.0 Å². The second-order valence-electron chi connectivity index (χ2n) is 7.28. The van der Waals surface area contributed by atoms with E-state index in [0.717, 1.165) is 23.4 Å². The molecular weight excluding hydrogens is 469 g/mol. The van der Waals surface area contributed by atoms with Crippen LogP contribution in [0.4, 0.5) is 41.0 Å². The zero-order chi connectivity index (χ0) is 24.3. The van der Waals surface area contributed by atoms with E-state index >= 15 is 0 Å². The molecule has 2 aromatic heterocycles. The van der Waals surface area contributed by atoms with Gasteiger partial charge in [-0.25, -0.2) is 14.8 Å². The van der Waals surface area contributed by atoms with Gasteiger partial charge in [0.2, 0.25) is 5.95 Å². The van der Waals surface area contributed by atoms with E-state index in [0.29, 0.717) is 23.0 Å². The fourth-order valence-electron chi connectivity index (χ4n) is 3.13. The van der Waals surface area contributed by atoms with Crippen LogP contribution in [0.3, 0.4) is 0 Å². The quantitative estimate of drug-likeness (QED) is 0.248. The van der Waals surface area contributed by atoms with Gasteiger partial charge in [0.05, 0.1) is 22.0 Å². The molecule has 0 saturated carbocycles. The molecule has 0 atom stereocenters. The average Bonchev–Trinajstić information content (AvgIpc) is 3.32. The number of rotatable bonds is 5. The number of alkyl halides is 3. The Hall–Kier alpha value is -4.05. The second-order valence-corrected chi connectivity index (χ2v) is 7.68. The molecule has 2 aromatic carbocycles. The number of amides is 2. The third kappa shape index (κ3) is 5.46. The summed E-state index contributed by atoms with van der Waals surface area (Å²) in [4.78, 5) is 24.2. The minimum atomic E-state index is -4.64. The van der Waals surface area contributed by atoms with Crippen LogP contribution in [0.25, 0.3) is 11.4 Å². The first kappa shape index (κ1) is 23.1. The maximum atomic E-state index is 13.0. The largest absolute Gasteiger partial charge is 0.417 e. The van der Waals surface area contributed by atoms with Crippen LogP contribution in [0.15, 0.2) is 67.0 Å². The summed E-state index contributed by atoms with van der Waals surface area (Å²) < 4.78 is 39.1. The van der Waals surface area contributed by atoms with Crippen molar-refractivity contribution in [1.29, 1.82) is 0 Å². The topological polar surface area (TPSA) is 94.7 Å². The van der Waals surface area contributed by atoms with Gasteiger partial charge < -0.3 is 20.9 Å². The summed E-state index contributed by atoms with van der Waals surface area (Å²) in [6, 6.07) is 13.1. The molecule has 0 spiro atoms. The van der Waals surface area contributed by atoms with Crippen LogP contribution in [-0.4, -0.2) is 21.0 Å². The Morgan fingerprint density at radius 1 is 1.03 bits per heavy atom. The van der Waals surface area contributed by atoms with Gasteiger partial charge in [-0.2, -0.15) is 13.2 Å². The molecule has 4 aromatic rings. The number of benzene rings is 2. The molecule has 0 unspecified atom stereocenters. The SMILES string of the molecule is Cc1ccc(NC(=O)Nc2ccc(Cl)c(C(F)(F)F)c2)cc1Nc1nccc(-c2ccc[nH]2)n1. The van der Waals surface area contributed by atoms with E-state index in [1.165, 1.54) is 6.07 Å². The monoisotopic (exact) mass is 486 g/mol. The van der Waals surface area contributed by atoms with Crippen LogP contribution in [-0.2, 0) is 6.18 Å². The molecule has 2 heterocycles. The van der Waals surface area contributed by atoms with Gasteiger partial charge >= 0.3 is 12.2 Å². The number of H-pyrrole nitrogens is 1. The maximum absolute atomic E-state index is 13.0. The number of anilines is 4. The molecule has 0 aliphatic carbocycles. The van der Waals surface area contributed by atoms with Crippen LogP contribution in [0, 0.1) is 6.92 Å². The van der Waals surface area contributed by atoms with Gasteiger partial charge in [0.1, 0.15) is 0 Å². The summed E-state index contributed by atoms with van der Waals surface area (Å²) in [6.07, 6.45) is -1.22. The van der Waals surface area contributed by atoms with E-state index in [9.17, 15) is 18.0 Å². The molecule has 174 valence electrons. The van der Waals surface area contributed by atoms with Crippen LogP contribution in [0.2, 0.25) is 5.02 Å². The number of nitrogens with one attached hydrogen (secondary N) is 4. The van der Waals surface area contributed by atoms with Gasteiger partial charge in [-0.1, -0.05) is 17.7 Å². The van der Waals surface area contributed by atoms with Crippen molar-refractivity contribution in [2.75, 3.05) is 16.0 Å². The Morgan fingerprint density at radius 2 is 1.76 bits per heavy atom. The molecule has 2 amide bonds. The van der Waals surface area contributed by atoms with E-state index in [4.69, 9.17) is 11.6 Å². The van der Waals surface area contributed by atoms with Gasteiger partial charge in [0.25, 0.3) is 0 Å². The van der Waals surface area contributed by atoms with Crippen LogP contribution < -0.4 is 16.0 Å². The Bertz CT molecular complexity index is 1320. The Balaban J connectivity index is 1.48. The highest BCUT2D eigenvalue weighted by Crippen LogP contribution is 2.36. The van der Waals surface area contributed by atoms with E-state index in [1.54, 1.807) is 36.7 Å². The lowest BCUT2D eigenvalue weighted by Gasteiger charge is -2.14. The molecule has 0 saturated heterocycles. The summed E-state index contributed by atoms with van der Waals surface area (Å²) in [5.41, 5.74) is 2.39. The van der Waals surface area contributed by atoms with Crippen LogP contribution >= 0.6 is 11.6 Å². The van der Waals surface area contributed by atoms with Crippen molar-refractivity contribution >= 4 is 40.6 Å². The van der Waals surface area contributed by atoms with Crippen LogP contribution in [0.5, 0.6) is 0 Å². The van der Waals surface area contributed by atoms with E-state index < -0.39 is 22.8 Å². The fraction of sp³-hybridized carbons (Fsp3) is 0.0870. The third-order valence-corrected chi connectivity index (χ3v) is 5.13. The summed E-state index contributed by atoms with van der Waals surface area (Å²) in [6.45, 7) is 1.87. The lowest BCUT2D eigenvalue weighted by Crippen LogP contribution is -2.20. The second kappa shape index (κ2) is 9.44. The number of nitrogens with zero attached hydrogens (tertiary/aromatic N) is 2. The number of carbonyl (C=O) groups excluding carboxylic acids is 1. The molecule has 4 rings (SSSR count). The van der Waals surface area contributed by atoms with Crippen molar-refractivity contribution < 1.29 is 18.0 Å². The number of aromatic nitrogens is 3. The number of carbonyl (C=O) groups is 1. The average molecular weight is 487 g/mol. The van der Waals surface area contributed by atoms with E-state index in [-0.39, 0.29) is 5.69 Å². The number of aromatic amines is 1. The minimum Gasteiger partial charge on any atom is -0.360 e. The van der Waals surface area contributed by atoms with Crippen molar-refractivity contribution in [3.63, 3.8) is 0 Å². The molecule has 4 N–H and O–H groups in total. The standard InChI is InChI=1S/C23H18ClF3N6O/c1-13-4-5-15(31-22(34)30-14-6-7-17(24)16(11-14)23(25,26)27)12-20(13)33-21-29-10-8-19(32-21)18-3-2-9-28-18/h2-12,28H,1H3,(H,29,32,33)(H2,30,31,34). The number of hydrogen-bond acceptors (Lipinski definition) is 4. The highest BCUT2D eigenvalue weighted by Gasteiger charge is 2.33. The maximum Gasteiger partial charge on any atom is 0.417 e. The minimum absolute atomic E-state index is 0.0470. The first-order valence-electron chi connectivity index (χ1n) is 9.98. The van der Waals surface area contributed by atoms with Gasteiger partial charge in [0.15, 0.2) is 0 Å². The van der Waals surface area contributed by atoms with Crippen molar-refractivity contribution in [3.8, 4) is 11.4 Å². The molecule has 0 bridgehead atoms. The Kier molecular flexibility index (Phi) is 6.42. The smallest absolute Gasteiger partial charge is 0.360 e. The Labute approximate surface area is 197 Å². The van der Waals surface area contributed by atoms with E-state index in [1.807, 2.05) is 19.1 Å². The predicted octanol–water partition coefficient (Wildman–Crippen LogP) is 6.84. The molecule has 11 heteroatoms. The van der Waals surface area contributed by atoms with Gasteiger partial charge in [0, 0.05) is 29.5 Å². The number of aryl methyl sites for hydroxylation is 1. The number of halogens is 4. The number of hydrogen-bond donors (Lipinski definition) is 4. The molecule has 0 aliphatic rings. The Morgan fingerprint density at radius 3 is 2.47 bits per heavy atom. The van der Waals surface area contributed by atoms with Crippen molar-refractivity contribution in [1.82, 2.24) is 15.0 Å². The summed E-state index contributed by atoms with van der Waals surface area (Å²) in [5.74, 6) is 0.359. The molecule has 0 radical (unpaired) electrons. The molecule has 7 nitrogen and oxygen atoms in total. The molecule has 34 heavy (non-hydrogen) atoms. The normalized spacial score (nSPS) is 11.2. The van der Waals surface area contributed by atoms with E-state index in [2.05, 4.69) is 30.9 Å². The lowest BCUT2D eigenvalue weighted by molar-refractivity contribution is -0.137. The first-order valence-corrected chi connectivity index (χ1v) is 10.4. The highest BCUT2D eigenvalue weighted by molar-refractivity contribution is 6.31. The van der Waals surface area contributed by atoms with Crippen molar-refractivity contribution in [3.05, 3.63) is 83.1 Å². The summed E-state index contributed by atoms with van der Waals surface area (Å²) in [5, 5.41) is 7.65. The molecular formula is C23H18ClF3N6O. The molecule has 0 aliphatic heterocycles. The third-order valence-electron chi connectivity index (χ3n) is 4.80. The van der Waals surface area contributed by atoms with Gasteiger partial charge in [-0.15, -0.1) is 0 Å². The predicted molar refractivity (Wildman–Crippen MR) is 125 cm³/mol. The first-order chi connectivity index (χ1) is 16.2. The van der Waals surface area contributed by atoms with Crippen LogP contribution in [0.1, 0.15) is 11.1 Å². The number of urea groups is 1. The highest BCUT2D eigenvalue weighted by atomic mass is 35.5. The summed E-state index contributed by atoms with van der Waals surface area (Å²) >= 11 is 5.62. The zero-order valence-corrected chi connectivity index (χ0v) is 18.4. The molecule has 0 fully saturated rings. The summed E-state index contributed by atoms with van der Waals surface area (Å²) in [7, 11) is 0. The zero-order valence-electron chi connectivity index (χ0n) is 17.7.